The molecule has 0 unspecified atom stereocenters. The van der Waals surface area contributed by atoms with Gasteiger partial charge in [-0.3, -0.25) is 0 Å². The molecule has 0 saturated heterocycles. The molecule has 0 aliphatic rings. The summed E-state index contributed by atoms with van der Waals surface area (Å²) in [5, 5.41) is 4.12. The zero-order chi connectivity index (χ0) is 22.7. The van der Waals surface area contributed by atoms with Crippen LogP contribution in [0.3, 0.4) is 0 Å². The summed E-state index contributed by atoms with van der Waals surface area (Å²) in [5.74, 6) is 6.74. The van der Waals surface area contributed by atoms with Crippen LogP contribution >= 0.6 is 0 Å². The number of hydrogen-bond acceptors (Lipinski definition) is 1. The summed E-state index contributed by atoms with van der Waals surface area (Å²) >= 11 is 0. The lowest BCUT2D eigenvalue weighted by molar-refractivity contribution is 0.382. The van der Waals surface area contributed by atoms with Gasteiger partial charge in [-0.05, 0) is 16.8 Å². The van der Waals surface area contributed by atoms with E-state index in [1.165, 1.54) is 41.2 Å². The van der Waals surface area contributed by atoms with Gasteiger partial charge in [0.05, 0.1) is 6.61 Å². The minimum absolute atomic E-state index is 0.493. The summed E-state index contributed by atoms with van der Waals surface area (Å²) in [6.45, 7) is 7.70. The van der Waals surface area contributed by atoms with Gasteiger partial charge in [0.1, 0.15) is 7.59 Å². The summed E-state index contributed by atoms with van der Waals surface area (Å²) < 4.78 is 7.08. The maximum atomic E-state index is 7.08. The van der Waals surface area contributed by atoms with Gasteiger partial charge in [-0.15, -0.1) is 5.92 Å². The third-order valence-corrected chi connectivity index (χ3v) is 21.1. The van der Waals surface area contributed by atoms with E-state index in [4.69, 9.17) is 4.43 Å². The van der Waals surface area contributed by atoms with Crippen LogP contribution in [0.15, 0.2) is 91.0 Å². The van der Waals surface area contributed by atoms with E-state index in [0.29, 0.717) is 6.61 Å². The van der Waals surface area contributed by atoms with Crippen LogP contribution in [-0.4, -0.2) is 22.0 Å². The van der Waals surface area contributed by atoms with Crippen molar-refractivity contribution in [3.63, 3.8) is 0 Å². The fourth-order valence-electron chi connectivity index (χ4n) is 4.56. The summed E-state index contributed by atoms with van der Waals surface area (Å²) in [4.78, 5) is 0. The van der Waals surface area contributed by atoms with E-state index in [2.05, 4.69) is 123 Å². The van der Waals surface area contributed by atoms with E-state index >= 15 is 0 Å². The minimum atomic E-state index is -2.56. The molecule has 0 fully saturated rings. The van der Waals surface area contributed by atoms with E-state index in [1.807, 2.05) is 0 Å². The van der Waals surface area contributed by atoms with E-state index in [1.54, 1.807) is 0 Å². The summed E-state index contributed by atoms with van der Waals surface area (Å²) in [5.41, 5.74) is 0. The normalized spacial score (nSPS) is 11.6. The molecule has 3 heteroatoms. The van der Waals surface area contributed by atoms with Gasteiger partial charge >= 0.3 is 0 Å². The van der Waals surface area contributed by atoms with Crippen molar-refractivity contribution in [2.75, 3.05) is 6.61 Å². The van der Waals surface area contributed by atoms with Crippen LogP contribution in [0, 0.1) is 11.8 Å². The van der Waals surface area contributed by atoms with Crippen molar-refractivity contribution < 1.29 is 4.43 Å². The van der Waals surface area contributed by atoms with Gasteiger partial charge < -0.3 is 4.43 Å². The molecule has 166 valence electrons. The molecule has 0 heterocycles. The first-order valence-electron chi connectivity index (χ1n) is 11.9. The Labute approximate surface area is 196 Å². The molecule has 32 heavy (non-hydrogen) atoms. The summed E-state index contributed by atoms with van der Waals surface area (Å²) in [7, 11) is -4.64. The Morgan fingerprint density at radius 1 is 0.625 bits per heavy atom. The lowest BCUT2D eigenvalue weighted by Gasteiger charge is -2.43. The van der Waals surface area contributed by atoms with Gasteiger partial charge in [0.25, 0.3) is 0 Å². The maximum absolute atomic E-state index is 7.08. The molecular formula is C29H36OSi2. The first kappa shape index (κ1) is 24.3. The monoisotopic (exact) mass is 456 g/mol. The molecule has 0 spiro atoms. The third-order valence-electron chi connectivity index (χ3n) is 6.38. The highest BCUT2D eigenvalue weighted by atomic mass is 29.3. The van der Waals surface area contributed by atoms with Gasteiger partial charge in [-0.25, -0.2) is 0 Å². The molecule has 1 nitrogen and oxygen atoms in total. The summed E-state index contributed by atoms with van der Waals surface area (Å²) in [6.07, 6.45) is 5.98. The fraction of sp³-hybridized carbons (Fsp3) is 0.310. The Morgan fingerprint density at radius 2 is 1.12 bits per heavy atom. The largest absolute Gasteiger partial charge is 0.399 e. The van der Waals surface area contributed by atoms with Crippen molar-refractivity contribution >= 4 is 31.0 Å². The molecule has 3 rings (SSSR count). The van der Waals surface area contributed by atoms with Crippen LogP contribution in [0.1, 0.15) is 39.0 Å². The molecule has 0 atom stereocenters. The lowest BCUT2D eigenvalue weighted by Crippen LogP contribution is -2.80. The molecule has 0 aliphatic heterocycles. The standard InChI is InChI=1S/C29H36OSi2/c1-4-5-6-7-8-9-19-26-30-32(28-22-15-11-16-23-28,29-24-17-12-18-25-29)31(2,3)27-20-13-10-14-21-27/h10-18,20-25H,4-8,26H2,1-3H3. The molecule has 3 aromatic carbocycles. The smallest absolute Gasteiger partial charge is 0.246 e. The second-order valence-corrected chi connectivity index (χ2v) is 21.4. The van der Waals surface area contributed by atoms with Crippen LogP contribution in [0.5, 0.6) is 0 Å². The molecule has 3 aromatic rings. The number of rotatable bonds is 10. The molecule has 0 saturated carbocycles. The molecule has 0 N–H and O–H groups in total. The van der Waals surface area contributed by atoms with E-state index in [0.717, 1.165) is 6.42 Å². The van der Waals surface area contributed by atoms with Crippen molar-refractivity contribution in [2.45, 2.75) is 52.1 Å². The number of benzene rings is 3. The van der Waals surface area contributed by atoms with Crippen molar-refractivity contribution in [2.24, 2.45) is 0 Å². The topological polar surface area (TPSA) is 9.23 Å². The lowest BCUT2D eigenvalue weighted by atomic mass is 10.2. The quantitative estimate of drug-likeness (QED) is 0.224. The Kier molecular flexibility index (Phi) is 9.11. The molecule has 0 radical (unpaired) electrons. The first-order chi connectivity index (χ1) is 15.6. The predicted octanol–water partition coefficient (Wildman–Crippen LogP) is 5.43. The highest BCUT2D eigenvalue weighted by Gasteiger charge is 2.54. The van der Waals surface area contributed by atoms with Crippen molar-refractivity contribution in [1.82, 2.24) is 0 Å². The second-order valence-electron chi connectivity index (χ2n) is 8.86. The van der Waals surface area contributed by atoms with Gasteiger partial charge in [-0.2, -0.15) is 0 Å². The fourth-order valence-corrected chi connectivity index (χ4v) is 18.4. The van der Waals surface area contributed by atoms with Crippen LogP contribution in [0.2, 0.25) is 13.1 Å². The van der Waals surface area contributed by atoms with Gasteiger partial charge in [0.15, 0.2) is 0 Å². The van der Waals surface area contributed by atoms with E-state index in [-0.39, 0.29) is 0 Å². The van der Waals surface area contributed by atoms with Crippen LogP contribution in [-0.2, 0) is 4.43 Å². The second kappa shape index (κ2) is 12.0. The molecule has 0 bridgehead atoms. The first-order valence-corrected chi connectivity index (χ1v) is 17.8. The zero-order valence-electron chi connectivity index (χ0n) is 19.8. The Balaban J connectivity index is 2.02. The number of unbranched alkanes of at least 4 members (excludes halogenated alkanes) is 4. The molecular weight excluding hydrogens is 420 g/mol. The van der Waals surface area contributed by atoms with Crippen molar-refractivity contribution in [3.05, 3.63) is 91.0 Å². The van der Waals surface area contributed by atoms with E-state index in [9.17, 15) is 0 Å². The molecule has 0 amide bonds. The van der Waals surface area contributed by atoms with Crippen LogP contribution in [0.4, 0.5) is 0 Å². The van der Waals surface area contributed by atoms with Crippen molar-refractivity contribution in [1.29, 1.82) is 0 Å². The van der Waals surface area contributed by atoms with Gasteiger partial charge in [-0.1, -0.05) is 141 Å². The zero-order valence-corrected chi connectivity index (χ0v) is 21.8. The van der Waals surface area contributed by atoms with Gasteiger partial charge in [0, 0.05) is 6.42 Å². The maximum Gasteiger partial charge on any atom is 0.246 e. The van der Waals surface area contributed by atoms with E-state index < -0.39 is 15.4 Å². The number of hydrogen-bond donors (Lipinski definition) is 0. The highest BCUT2D eigenvalue weighted by molar-refractivity contribution is 7.52. The average molecular weight is 457 g/mol. The predicted molar refractivity (Wildman–Crippen MR) is 144 cm³/mol. The molecule has 0 aliphatic carbocycles. The SMILES string of the molecule is CCCCCCC#CCO[Si](c1ccccc1)(c1ccccc1)[Si](C)(C)c1ccccc1. The third kappa shape index (κ3) is 5.50. The van der Waals surface area contributed by atoms with Crippen LogP contribution < -0.4 is 15.6 Å². The van der Waals surface area contributed by atoms with Crippen LogP contribution in [0.25, 0.3) is 0 Å². The summed E-state index contributed by atoms with van der Waals surface area (Å²) in [6, 6.07) is 32.9. The minimum Gasteiger partial charge on any atom is -0.399 e. The van der Waals surface area contributed by atoms with Crippen molar-refractivity contribution in [3.8, 4) is 11.8 Å². The highest BCUT2D eigenvalue weighted by Crippen LogP contribution is 2.22. The Morgan fingerprint density at radius 3 is 1.62 bits per heavy atom. The average Bonchev–Trinajstić information content (AvgIpc) is 2.85. The van der Waals surface area contributed by atoms with Gasteiger partial charge in [0.2, 0.25) is 7.83 Å². The molecule has 0 aromatic heterocycles. The Bertz CT molecular complexity index is 949. The Hall–Kier alpha value is -2.39.